The number of thiophene rings is 1. The van der Waals surface area contributed by atoms with Crippen LogP contribution in [0.1, 0.15) is 23.1 Å². The van der Waals surface area contributed by atoms with E-state index in [4.69, 9.17) is 5.73 Å². The van der Waals surface area contributed by atoms with E-state index in [0.717, 1.165) is 19.6 Å². The van der Waals surface area contributed by atoms with Crippen LogP contribution in [0.5, 0.6) is 0 Å². The maximum Gasteiger partial charge on any atom is 0.0328 e. The third-order valence-corrected chi connectivity index (χ3v) is 4.29. The summed E-state index contributed by atoms with van der Waals surface area (Å²) >= 11 is 1.91. The van der Waals surface area contributed by atoms with Gasteiger partial charge in [0.05, 0.1) is 0 Å². The second kappa shape index (κ2) is 5.50. The molecule has 1 fully saturated rings. The number of hydrogen-bond acceptors (Lipinski definition) is 3. The van der Waals surface area contributed by atoms with E-state index >= 15 is 0 Å². The van der Waals surface area contributed by atoms with Gasteiger partial charge in [-0.15, -0.1) is 23.7 Å². The summed E-state index contributed by atoms with van der Waals surface area (Å²) in [7, 11) is 0. The van der Waals surface area contributed by atoms with E-state index in [1.165, 1.54) is 22.7 Å². The molecule has 1 aromatic heterocycles. The van der Waals surface area contributed by atoms with Crippen LogP contribution < -0.4 is 5.73 Å². The predicted molar refractivity (Wildman–Crippen MR) is 73.4 cm³/mol. The van der Waals surface area contributed by atoms with Crippen molar-refractivity contribution in [1.82, 2.24) is 4.90 Å². The zero-order chi connectivity index (χ0) is 10.9. The summed E-state index contributed by atoms with van der Waals surface area (Å²) in [5.74, 6) is 0. The van der Waals surface area contributed by atoms with Gasteiger partial charge in [-0.25, -0.2) is 0 Å². The summed E-state index contributed by atoms with van der Waals surface area (Å²) in [5, 5.41) is 0. The van der Waals surface area contributed by atoms with Crippen molar-refractivity contribution in [2.45, 2.75) is 26.8 Å². The first-order valence-corrected chi connectivity index (χ1v) is 6.41. The van der Waals surface area contributed by atoms with Crippen LogP contribution in [0.25, 0.3) is 0 Å². The maximum absolute atomic E-state index is 5.80. The Bertz CT molecular complexity index is 340. The molecule has 0 spiro atoms. The van der Waals surface area contributed by atoms with Crippen LogP contribution in [-0.4, -0.2) is 24.5 Å². The smallest absolute Gasteiger partial charge is 0.0328 e. The average molecular weight is 261 g/mol. The van der Waals surface area contributed by atoms with Gasteiger partial charge in [-0.2, -0.15) is 0 Å². The molecule has 2 N–H and O–H groups in total. The minimum Gasteiger partial charge on any atom is -0.330 e. The fourth-order valence-corrected chi connectivity index (χ4v) is 3.15. The quantitative estimate of drug-likeness (QED) is 0.906. The second-order valence-electron chi connectivity index (χ2n) is 4.99. The van der Waals surface area contributed by atoms with Crippen molar-refractivity contribution in [2.75, 3.05) is 19.6 Å². The molecule has 16 heavy (non-hydrogen) atoms. The van der Waals surface area contributed by atoms with Gasteiger partial charge in [0, 0.05) is 22.8 Å². The zero-order valence-electron chi connectivity index (χ0n) is 10.0. The molecule has 0 saturated carbocycles. The van der Waals surface area contributed by atoms with E-state index in [9.17, 15) is 0 Å². The van der Waals surface area contributed by atoms with Crippen molar-refractivity contribution >= 4 is 23.7 Å². The lowest BCUT2D eigenvalue weighted by Gasteiger charge is -2.22. The van der Waals surface area contributed by atoms with E-state index in [0.29, 0.717) is 5.41 Å². The van der Waals surface area contributed by atoms with E-state index in [1.807, 2.05) is 11.3 Å². The number of halogens is 1. The molecule has 0 aliphatic carbocycles. The molecular weight excluding hydrogens is 240 g/mol. The number of aryl methyl sites for hydroxylation is 1. The van der Waals surface area contributed by atoms with Gasteiger partial charge in [-0.3, -0.25) is 4.90 Å². The second-order valence-corrected chi connectivity index (χ2v) is 6.36. The van der Waals surface area contributed by atoms with Crippen LogP contribution in [0.4, 0.5) is 0 Å². The summed E-state index contributed by atoms with van der Waals surface area (Å²) in [6.07, 6.45) is 1.24. The molecule has 2 nitrogen and oxygen atoms in total. The van der Waals surface area contributed by atoms with Gasteiger partial charge in [-0.1, -0.05) is 6.92 Å². The normalized spacial score (nSPS) is 25.7. The minimum absolute atomic E-state index is 0. The lowest BCUT2D eigenvalue weighted by molar-refractivity contribution is 0.276. The molecule has 0 amide bonds. The Morgan fingerprint density at radius 1 is 1.50 bits per heavy atom. The lowest BCUT2D eigenvalue weighted by Crippen LogP contribution is -2.30. The van der Waals surface area contributed by atoms with E-state index in [-0.39, 0.29) is 12.4 Å². The summed E-state index contributed by atoms with van der Waals surface area (Å²) in [6, 6.07) is 4.45. The third kappa shape index (κ3) is 3.20. The van der Waals surface area contributed by atoms with Gasteiger partial charge in [0.15, 0.2) is 0 Å². The molecule has 0 aromatic carbocycles. The van der Waals surface area contributed by atoms with Crippen molar-refractivity contribution in [3.63, 3.8) is 0 Å². The molecule has 92 valence electrons. The van der Waals surface area contributed by atoms with E-state index < -0.39 is 0 Å². The minimum atomic E-state index is 0. The molecule has 2 heterocycles. The lowest BCUT2D eigenvalue weighted by atomic mass is 9.90. The Morgan fingerprint density at radius 3 is 2.75 bits per heavy atom. The summed E-state index contributed by atoms with van der Waals surface area (Å²) in [4.78, 5) is 5.41. The zero-order valence-corrected chi connectivity index (χ0v) is 11.7. The molecular formula is C12H21ClN2S. The van der Waals surface area contributed by atoms with Gasteiger partial charge in [0.2, 0.25) is 0 Å². The topological polar surface area (TPSA) is 29.3 Å². The molecule has 1 aliphatic heterocycles. The Kier molecular flexibility index (Phi) is 4.80. The molecule has 1 aliphatic rings. The number of nitrogens with zero attached hydrogens (tertiary/aromatic N) is 1. The number of likely N-dealkylation sites (tertiary alicyclic amines) is 1. The first-order valence-electron chi connectivity index (χ1n) is 5.59. The average Bonchev–Trinajstić information content (AvgIpc) is 2.76. The van der Waals surface area contributed by atoms with Gasteiger partial charge < -0.3 is 5.73 Å². The van der Waals surface area contributed by atoms with Crippen LogP contribution in [-0.2, 0) is 6.54 Å². The third-order valence-electron chi connectivity index (χ3n) is 3.31. The Labute approximate surface area is 108 Å². The van der Waals surface area contributed by atoms with Crippen LogP contribution in [0.2, 0.25) is 0 Å². The number of rotatable bonds is 3. The van der Waals surface area contributed by atoms with Crippen LogP contribution in [0, 0.1) is 12.3 Å². The number of nitrogens with two attached hydrogens (primary N) is 1. The Balaban J connectivity index is 0.00000128. The Morgan fingerprint density at radius 2 is 2.25 bits per heavy atom. The highest BCUT2D eigenvalue weighted by atomic mass is 35.5. The summed E-state index contributed by atoms with van der Waals surface area (Å²) in [6.45, 7) is 8.74. The fraction of sp³-hybridized carbons (Fsp3) is 0.667. The predicted octanol–water partition coefficient (Wildman–Crippen LogP) is 2.65. The fourth-order valence-electron chi connectivity index (χ4n) is 2.22. The van der Waals surface area contributed by atoms with Crippen molar-refractivity contribution in [2.24, 2.45) is 11.1 Å². The summed E-state index contributed by atoms with van der Waals surface area (Å²) < 4.78 is 0. The largest absolute Gasteiger partial charge is 0.330 e. The van der Waals surface area contributed by atoms with Crippen LogP contribution in [0.3, 0.4) is 0 Å². The molecule has 1 aromatic rings. The molecule has 1 unspecified atom stereocenters. The van der Waals surface area contributed by atoms with Crippen LogP contribution >= 0.6 is 23.7 Å². The highest BCUT2D eigenvalue weighted by Crippen LogP contribution is 2.30. The van der Waals surface area contributed by atoms with Crippen molar-refractivity contribution in [1.29, 1.82) is 0 Å². The van der Waals surface area contributed by atoms with E-state index in [2.05, 4.69) is 30.9 Å². The van der Waals surface area contributed by atoms with E-state index in [1.54, 1.807) is 0 Å². The SMILES string of the molecule is Cc1ccc(CN2CCC(C)(CN)C2)s1.Cl. The molecule has 4 heteroatoms. The molecule has 0 radical (unpaired) electrons. The van der Waals surface area contributed by atoms with Crippen LogP contribution in [0.15, 0.2) is 12.1 Å². The van der Waals surface area contributed by atoms with Crippen molar-refractivity contribution < 1.29 is 0 Å². The van der Waals surface area contributed by atoms with Crippen molar-refractivity contribution in [3.05, 3.63) is 21.9 Å². The Hall–Kier alpha value is -0.0900. The van der Waals surface area contributed by atoms with Gasteiger partial charge in [-0.05, 0) is 44.0 Å². The summed E-state index contributed by atoms with van der Waals surface area (Å²) in [5.41, 5.74) is 6.16. The van der Waals surface area contributed by atoms with Gasteiger partial charge >= 0.3 is 0 Å². The molecule has 2 rings (SSSR count). The molecule has 1 saturated heterocycles. The molecule has 0 bridgehead atoms. The maximum atomic E-state index is 5.80. The highest BCUT2D eigenvalue weighted by molar-refractivity contribution is 7.11. The van der Waals surface area contributed by atoms with Gasteiger partial charge in [0.25, 0.3) is 0 Å². The van der Waals surface area contributed by atoms with Gasteiger partial charge in [0.1, 0.15) is 0 Å². The van der Waals surface area contributed by atoms with Crippen molar-refractivity contribution in [3.8, 4) is 0 Å². The molecule has 1 atom stereocenters. The first kappa shape index (κ1) is 14.0. The standard InChI is InChI=1S/C12H20N2S.ClH/c1-10-3-4-11(15-10)7-14-6-5-12(2,8-13)9-14;/h3-4H,5-9,13H2,1-2H3;1H. The highest BCUT2D eigenvalue weighted by Gasteiger charge is 2.32. The monoisotopic (exact) mass is 260 g/mol. The first-order chi connectivity index (χ1) is 7.11. The number of hydrogen-bond donors (Lipinski definition) is 1.